The number of hydrogen-bond donors (Lipinski definition) is 1. The number of aryl methyl sites for hydroxylation is 1. The Morgan fingerprint density at radius 1 is 1.05 bits per heavy atom. The summed E-state index contributed by atoms with van der Waals surface area (Å²) in [7, 11) is 0. The van der Waals surface area contributed by atoms with E-state index in [-0.39, 0.29) is 0 Å². The van der Waals surface area contributed by atoms with Gasteiger partial charge < -0.3 is 5.32 Å². The summed E-state index contributed by atoms with van der Waals surface area (Å²) < 4.78 is 0. The molecule has 0 unspecified atom stereocenters. The zero-order valence-corrected chi connectivity index (χ0v) is 13.9. The van der Waals surface area contributed by atoms with Gasteiger partial charge in [-0.1, -0.05) is 51.0 Å². The first-order chi connectivity index (χ1) is 10.3. The third kappa shape index (κ3) is 6.19. The number of rotatable bonds is 8. The van der Waals surface area contributed by atoms with Gasteiger partial charge in [0.2, 0.25) is 0 Å². The lowest BCUT2D eigenvalue weighted by Gasteiger charge is -2.20. The van der Waals surface area contributed by atoms with Gasteiger partial charge in [-0.15, -0.1) is 0 Å². The van der Waals surface area contributed by atoms with Crippen molar-refractivity contribution in [3.63, 3.8) is 0 Å². The predicted octanol–water partition coefficient (Wildman–Crippen LogP) is 3.99. The number of fused-ring (bicyclic) bond motifs is 1. The van der Waals surface area contributed by atoms with Crippen LogP contribution < -0.4 is 5.32 Å². The minimum absolute atomic E-state index is 0.627. The van der Waals surface area contributed by atoms with E-state index in [9.17, 15) is 0 Å². The van der Waals surface area contributed by atoms with E-state index in [2.05, 4.69) is 48.3 Å². The molecule has 1 aliphatic rings. The van der Waals surface area contributed by atoms with E-state index in [1.54, 1.807) is 11.1 Å². The molecule has 1 aromatic rings. The highest BCUT2D eigenvalue weighted by molar-refractivity contribution is 5.27. The second-order valence-electron chi connectivity index (χ2n) is 6.67. The first-order valence-electron chi connectivity index (χ1n) is 8.78. The molecule has 0 aromatic heterocycles. The zero-order chi connectivity index (χ0) is 14.9. The van der Waals surface area contributed by atoms with Gasteiger partial charge in [-0.2, -0.15) is 0 Å². The molecule has 2 heteroatoms. The van der Waals surface area contributed by atoms with Gasteiger partial charge in [0.25, 0.3) is 0 Å². The SMILES string of the molecule is CC(C)NCCCCCCN1CCCc2ccccc2C1. The van der Waals surface area contributed by atoms with Crippen molar-refractivity contribution >= 4 is 0 Å². The van der Waals surface area contributed by atoms with E-state index in [1.165, 1.54) is 58.2 Å². The molecule has 0 atom stereocenters. The van der Waals surface area contributed by atoms with Gasteiger partial charge in [0.05, 0.1) is 0 Å². The Morgan fingerprint density at radius 2 is 1.81 bits per heavy atom. The van der Waals surface area contributed by atoms with Crippen molar-refractivity contribution < 1.29 is 0 Å². The van der Waals surface area contributed by atoms with Crippen molar-refractivity contribution in [3.05, 3.63) is 35.4 Å². The summed E-state index contributed by atoms with van der Waals surface area (Å²) in [5.41, 5.74) is 3.12. The molecule has 0 bridgehead atoms. The van der Waals surface area contributed by atoms with Gasteiger partial charge in [0.1, 0.15) is 0 Å². The normalized spacial score (nSPS) is 16.0. The van der Waals surface area contributed by atoms with Crippen LogP contribution in [0.25, 0.3) is 0 Å². The number of nitrogens with zero attached hydrogens (tertiary/aromatic N) is 1. The van der Waals surface area contributed by atoms with Crippen LogP contribution in [0.15, 0.2) is 24.3 Å². The van der Waals surface area contributed by atoms with Crippen LogP contribution in [-0.4, -0.2) is 30.6 Å². The highest BCUT2D eigenvalue weighted by Gasteiger charge is 2.13. The smallest absolute Gasteiger partial charge is 0.0236 e. The van der Waals surface area contributed by atoms with Crippen molar-refractivity contribution in [2.24, 2.45) is 0 Å². The molecule has 1 heterocycles. The van der Waals surface area contributed by atoms with Crippen molar-refractivity contribution in [2.45, 2.75) is 65.0 Å². The van der Waals surface area contributed by atoms with Crippen LogP contribution >= 0.6 is 0 Å². The third-order valence-electron chi connectivity index (χ3n) is 4.39. The van der Waals surface area contributed by atoms with Gasteiger partial charge >= 0.3 is 0 Å². The van der Waals surface area contributed by atoms with Crippen LogP contribution in [0.1, 0.15) is 57.1 Å². The van der Waals surface area contributed by atoms with E-state index >= 15 is 0 Å². The molecular formula is C19H32N2. The van der Waals surface area contributed by atoms with Gasteiger partial charge in [-0.3, -0.25) is 4.90 Å². The molecule has 2 nitrogen and oxygen atoms in total. The van der Waals surface area contributed by atoms with E-state index < -0.39 is 0 Å². The van der Waals surface area contributed by atoms with Gasteiger partial charge in [-0.05, 0) is 56.4 Å². The number of benzene rings is 1. The number of hydrogen-bond acceptors (Lipinski definition) is 2. The third-order valence-corrected chi connectivity index (χ3v) is 4.39. The highest BCUT2D eigenvalue weighted by Crippen LogP contribution is 2.18. The Labute approximate surface area is 130 Å². The molecule has 1 aromatic carbocycles. The fourth-order valence-corrected chi connectivity index (χ4v) is 3.16. The Bertz CT molecular complexity index is 400. The molecule has 0 saturated carbocycles. The Kier molecular flexibility index (Phi) is 7.25. The number of unbranched alkanes of at least 4 members (excludes halogenated alkanes) is 3. The summed E-state index contributed by atoms with van der Waals surface area (Å²) in [5.74, 6) is 0. The summed E-state index contributed by atoms with van der Waals surface area (Å²) >= 11 is 0. The Balaban J connectivity index is 1.61. The molecule has 0 saturated heterocycles. The average molecular weight is 288 g/mol. The molecule has 0 aliphatic carbocycles. The van der Waals surface area contributed by atoms with Crippen LogP contribution in [0, 0.1) is 0 Å². The van der Waals surface area contributed by atoms with E-state index in [1.807, 2.05) is 0 Å². The van der Waals surface area contributed by atoms with Crippen molar-refractivity contribution in [2.75, 3.05) is 19.6 Å². The van der Waals surface area contributed by atoms with Crippen molar-refractivity contribution in [1.82, 2.24) is 10.2 Å². The minimum atomic E-state index is 0.627. The first-order valence-corrected chi connectivity index (χ1v) is 8.78. The minimum Gasteiger partial charge on any atom is -0.315 e. The van der Waals surface area contributed by atoms with Crippen molar-refractivity contribution in [1.29, 1.82) is 0 Å². The maximum atomic E-state index is 3.49. The standard InChI is InChI=1S/C19H32N2/c1-17(2)20-13-7-3-4-8-14-21-15-9-12-18-10-5-6-11-19(18)16-21/h5-6,10-11,17,20H,3-4,7-9,12-16H2,1-2H3. The van der Waals surface area contributed by atoms with Crippen LogP contribution in [0.5, 0.6) is 0 Å². The van der Waals surface area contributed by atoms with Crippen LogP contribution in [0.4, 0.5) is 0 Å². The maximum Gasteiger partial charge on any atom is 0.0236 e. The van der Waals surface area contributed by atoms with E-state index in [0.717, 1.165) is 6.54 Å². The Morgan fingerprint density at radius 3 is 2.62 bits per heavy atom. The fourth-order valence-electron chi connectivity index (χ4n) is 3.16. The van der Waals surface area contributed by atoms with Crippen LogP contribution in [0.3, 0.4) is 0 Å². The fraction of sp³-hybridized carbons (Fsp3) is 0.684. The molecule has 0 fully saturated rings. The summed E-state index contributed by atoms with van der Waals surface area (Å²) in [6, 6.07) is 9.61. The van der Waals surface area contributed by atoms with Crippen molar-refractivity contribution in [3.8, 4) is 0 Å². The summed E-state index contributed by atoms with van der Waals surface area (Å²) in [6.07, 6.45) is 7.98. The summed E-state index contributed by atoms with van der Waals surface area (Å²) in [6.45, 7) is 9.31. The molecule has 0 amide bonds. The molecule has 2 rings (SSSR count). The predicted molar refractivity (Wildman–Crippen MR) is 91.6 cm³/mol. The lowest BCUT2D eigenvalue weighted by Crippen LogP contribution is -2.25. The molecule has 0 spiro atoms. The summed E-state index contributed by atoms with van der Waals surface area (Å²) in [5, 5.41) is 3.49. The average Bonchev–Trinajstić information content (AvgIpc) is 2.67. The monoisotopic (exact) mass is 288 g/mol. The Hall–Kier alpha value is -0.860. The van der Waals surface area contributed by atoms with Crippen LogP contribution in [-0.2, 0) is 13.0 Å². The zero-order valence-electron chi connectivity index (χ0n) is 13.9. The largest absolute Gasteiger partial charge is 0.315 e. The van der Waals surface area contributed by atoms with Gasteiger partial charge in [-0.25, -0.2) is 0 Å². The quantitative estimate of drug-likeness (QED) is 0.728. The maximum absolute atomic E-state index is 3.49. The molecule has 21 heavy (non-hydrogen) atoms. The van der Waals surface area contributed by atoms with Crippen LogP contribution in [0.2, 0.25) is 0 Å². The lowest BCUT2D eigenvalue weighted by molar-refractivity contribution is 0.262. The molecule has 1 aliphatic heterocycles. The van der Waals surface area contributed by atoms with E-state index in [0.29, 0.717) is 6.04 Å². The lowest BCUT2D eigenvalue weighted by atomic mass is 10.0. The topological polar surface area (TPSA) is 15.3 Å². The summed E-state index contributed by atoms with van der Waals surface area (Å²) in [4.78, 5) is 2.65. The first kappa shape index (κ1) is 16.5. The van der Waals surface area contributed by atoms with E-state index in [4.69, 9.17) is 0 Å². The second kappa shape index (κ2) is 9.22. The molecule has 0 radical (unpaired) electrons. The highest BCUT2D eigenvalue weighted by atomic mass is 15.1. The number of nitrogens with one attached hydrogen (secondary N) is 1. The second-order valence-corrected chi connectivity index (χ2v) is 6.67. The molecule has 1 N–H and O–H groups in total. The van der Waals surface area contributed by atoms with Gasteiger partial charge in [0.15, 0.2) is 0 Å². The molecular weight excluding hydrogens is 256 g/mol. The van der Waals surface area contributed by atoms with Gasteiger partial charge in [0, 0.05) is 12.6 Å². The molecule has 118 valence electrons.